The van der Waals surface area contributed by atoms with Crippen LogP contribution >= 0.6 is 0 Å². The van der Waals surface area contributed by atoms with E-state index in [4.69, 9.17) is 10.2 Å². The van der Waals surface area contributed by atoms with Crippen molar-refractivity contribution in [1.29, 1.82) is 0 Å². The summed E-state index contributed by atoms with van der Waals surface area (Å²) in [5.41, 5.74) is 5.71. The van der Waals surface area contributed by atoms with Crippen molar-refractivity contribution in [2.24, 2.45) is 11.7 Å². The third-order valence-corrected chi connectivity index (χ3v) is 4.91. The predicted octanol–water partition coefficient (Wildman–Crippen LogP) is 1.47. The van der Waals surface area contributed by atoms with E-state index in [-0.39, 0.29) is 11.1 Å². The Kier molecular flexibility index (Phi) is 4.42. The molecule has 1 aliphatic carbocycles. The lowest BCUT2D eigenvalue weighted by atomic mass is 9.84. The fourth-order valence-corrected chi connectivity index (χ4v) is 3.79. The monoisotopic (exact) mass is 272 g/mol. The van der Waals surface area contributed by atoms with Gasteiger partial charge < -0.3 is 10.2 Å². The number of nitrogens with two attached hydrogens (primary N) is 1. The zero-order valence-corrected chi connectivity index (χ0v) is 11.2. The quantitative estimate of drug-likeness (QED) is 0.850. The molecule has 1 heterocycles. The highest BCUT2D eigenvalue weighted by Gasteiger charge is 2.28. The van der Waals surface area contributed by atoms with E-state index in [1.54, 1.807) is 6.07 Å². The van der Waals surface area contributed by atoms with Gasteiger partial charge in [-0.2, -0.15) is 0 Å². The normalized spacial score (nSPS) is 19.8. The van der Waals surface area contributed by atoms with Gasteiger partial charge >= 0.3 is 0 Å². The van der Waals surface area contributed by atoms with E-state index in [9.17, 15) is 8.42 Å². The van der Waals surface area contributed by atoms with Crippen LogP contribution in [0, 0.1) is 5.92 Å². The molecular weight excluding hydrogens is 252 g/mol. The molecule has 0 bridgehead atoms. The number of nitrogens with one attached hydrogen (secondary N) is 1. The van der Waals surface area contributed by atoms with Gasteiger partial charge in [0.1, 0.15) is 0 Å². The van der Waals surface area contributed by atoms with Crippen LogP contribution in [0.4, 0.5) is 0 Å². The van der Waals surface area contributed by atoms with Crippen molar-refractivity contribution in [3.63, 3.8) is 0 Å². The van der Waals surface area contributed by atoms with Gasteiger partial charge in [-0.3, -0.25) is 0 Å². The number of furan rings is 1. The summed E-state index contributed by atoms with van der Waals surface area (Å²) in [5, 5.41) is -0.0447. The van der Waals surface area contributed by atoms with E-state index in [1.807, 2.05) is 0 Å². The average molecular weight is 272 g/mol. The maximum Gasteiger partial charge on any atom is 0.274 e. The first kappa shape index (κ1) is 13.6. The first-order valence-electron chi connectivity index (χ1n) is 6.39. The second kappa shape index (κ2) is 5.86. The summed E-state index contributed by atoms with van der Waals surface area (Å²) < 4.78 is 31.7. The van der Waals surface area contributed by atoms with Gasteiger partial charge in [0.15, 0.2) is 0 Å². The minimum Gasteiger partial charge on any atom is -0.452 e. The topological polar surface area (TPSA) is 85.3 Å². The van der Waals surface area contributed by atoms with Crippen molar-refractivity contribution in [3.8, 4) is 0 Å². The lowest BCUT2D eigenvalue weighted by molar-refractivity contribution is 0.292. The van der Waals surface area contributed by atoms with E-state index in [2.05, 4.69) is 4.72 Å². The molecule has 1 aliphatic rings. The van der Waals surface area contributed by atoms with Crippen molar-refractivity contribution in [3.05, 3.63) is 18.4 Å². The molecule has 0 saturated heterocycles. The van der Waals surface area contributed by atoms with Crippen molar-refractivity contribution in [1.82, 2.24) is 4.72 Å². The summed E-state index contributed by atoms with van der Waals surface area (Å²) in [6.45, 7) is 0.324. The van der Waals surface area contributed by atoms with Crippen LogP contribution in [0.5, 0.6) is 0 Å². The van der Waals surface area contributed by atoms with Crippen molar-refractivity contribution >= 4 is 10.0 Å². The third kappa shape index (κ3) is 3.13. The molecule has 2 rings (SSSR count). The van der Waals surface area contributed by atoms with Crippen LogP contribution in [0.2, 0.25) is 0 Å². The summed E-state index contributed by atoms with van der Waals surface area (Å²) in [7, 11) is -3.57. The standard InChI is InChI=1S/C12H20N2O3S/c13-9-11(10-5-2-1-3-6-10)14-18(15,16)12-7-4-8-17-12/h4,7-8,10-11,14H,1-3,5-6,9,13H2. The van der Waals surface area contributed by atoms with Gasteiger partial charge in [0.25, 0.3) is 10.0 Å². The molecule has 1 atom stereocenters. The number of sulfonamides is 1. The molecule has 0 radical (unpaired) electrons. The Morgan fingerprint density at radius 2 is 2.11 bits per heavy atom. The minimum atomic E-state index is -3.57. The zero-order chi connectivity index (χ0) is 13.0. The van der Waals surface area contributed by atoms with Gasteiger partial charge in [-0.05, 0) is 30.9 Å². The first-order valence-corrected chi connectivity index (χ1v) is 7.87. The molecular formula is C12H20N2O3S. The molecule has 3 N–H and O–H groups in total. The van der Waals surface area contributed by atoms with Gasteiger partial charge in [0.2, 0.25) is 5.09 Å². The van der Waals surface area contributed by atoms with Crippen molar-refractivity contribution in [2.75, 3.05) is 6.54 Å². The molecule has 1 aromatic rings. The molecule has 102 valence electrons. The van der Waals surface area contributed by atoms with Crippen LogP contribution in [0.15, 0.2) is 27.9 Å². The molecule has 0 aliphatic heterocycles. The molecule has 6 heteroatoms. The molecule has 1 fully saturated rings. The van der Waals surface area contributed by atoms with Crippen molar-refractivity contribution < 1.29 is 12.8 Å². The number of rotatable bonds is 5. The van der Waals surface area contributed by atoms with Gasteiger partial charge in [0, 0.05) is 12.6 Å². The second-order valence-electron chi connectivity index (χ2n) is 4.79. The SMILES string of the molecule is NCC(NS(=O)(=O)c1ccco1)C1CCCCC1. The van der Waals surface area contributed by atoms with Crippen LogP contribution in [-0.4, -0.2) is 21.0 Å². The summed E-state index contributed by atoms with van der Waals surface area (Å²) in [6.07, 6.45) is 6.99. The fourth-order valence-electron chi connectivity index (χ4n) is 2.55. The summed E-state index contributed by atoms with van der Waals surface area (Å²) in [6, 6.07) is 2.81. The molecule has 1 unspecified atom stereocenters. The van der Waals surface area contributed by atoms with Crippen LogP contribution in [0.3, 0.4) is 0 Å². The van der Waals surface area contributed by atoms with Gasteiger partial charge in [-0.25, -0.2) is 13.1 Å². The van der Waals surface area contributed by atoms with E-state index in [0.717, 1.165) is 25.7 Å². The zero-order valence-electron chi connectivity index (χ0n) is 10.3. The van der Waals surface area contributed by atoms with Crippen LogP contribution in [0.1, 0.15) is 32.1 Å². The Morgan fingerprint density at radius 3 is 2.67 bits per heavy atom. The van der Waals surface area contributed by atoms with Crippen molar-refractivity contribution in [2.45, 2.75) is 43.2 Å². The largest absolute Gasteiger partial charge is 0.452 e. The average Bonchev–Trinajstić information content (AvgIpc) is 2.92. The molecule has 0 amide bonds. The van der Waals surface area contributed by atoms with E-state index in [0.29, 0.717) is 12.5 Å². The van der Waals surface area contributed by atoms with Crippen LogP contribution < -0.4 is 10.5 Å². The molecule has 0 aromatic carbocycles. The Balaban J connectivity index is 2.06. The fraction of sp³-hybridized carbons (Fsp3) is 0.667. The highest BCUT2D eigenvalue weighted by Crippen LogP contribution is 2.27. The summed E-state index contributed by atoms with van der Waals surface area (Å²) in [4.78, 5) is 0. The minimum absolute atomic E-state index is 0.0447. The Bertz CT molecular complexity index is 450. The summed E-state index contributed by atoms with van der Waals surface area (Å²) in [5.74, 6) is 0.341. The third-order valence-electron chi connectivity index (χ3n) is 3.54. The Morgan fingerprint density at radius 1 is 1.39 bits per heavy atom. The maximum absolute atomic E-state index is 12.0. The molecule has 0 spiro atoms. The summed E-state index contributed by atoms with van der Waals surface area (Å²) >= 11 is 0. The van der Waals surface area contributed by atoms with E-state index in [1.165, 1.54) is 18.8 Å². The van der Waals surface area contributed by atoms with Crippen LogP contribution in [0.25, 0.3) is 0 Å². The first-order chi connectivity index (χ1) is 8.63. The van der Waals surface area contributed by atoms with E-state index < -0.39 is 10.0 Å². The lowest BCUT2D eigenvalue weighted by Gasteiger charge is -2.29. The molecule has 1 aromatic heterocycles. The highest BCUT2D eigenvalue weighted by atomic mass is 32.2. The van der Waals surface area contributed by atoms with Gasteiger partial charge in [-0.15, -0.1) is 0 Å². The highest BCUT2D eigenvalue weighted by molar-refractivity contribution is 7.89. The molecule has 5 nitrogen and oxygen atoms in total. The molecule has 18 heavy (non-hydrogen) atoms. The maximum atomic E-state index is 12.0. The van der Waals surface area contributed by atoms with Gasteiger partial charge in [0.05, 0.1) is 6.26 Å². The number of hydrogen-bond acceptors (Lipinski definition) is 4. The van der Waals surface area contributed by atoms with Gasteiger partial charge in [-0.1, -0.05) is 19.3 Å². The lowest BCUT2D eigenvalue weighted by Crippen LogP contribution is -2.45. The Hall–Kier alpha value is -0.850. The molecule has 1 saturated carbocycles. The Labute approximate surface area is 108 Å². The smallest absolute Gasteiger partial charge is 0.274 e. The predicted molar refractivity (Wildman–Crippen MR) is 68.4 cm³/mol. The second-order valence-corrected chi connectivity index (χ2v) is 6.44. The number of hydrogen-bond donors (Lipinski definition) is 2. The van der Waals surface area contributed by atoms with Crippen LogP contribution in [-0.2, 0) is 10.0 Å². The van der Waals surface area contributed by atoms with E-state index >= 15 is 0 Å².